The quantitative estimate of drug-likeness (QED) is 0.846. The van der Waals surface area contributed by atoms with Crippen molar-refractivity contribution in [2.75, 3.05) is 37.8 Å². The first-order chi connectivity index (χ1) is 9.79. The van der Waals surface area contributed by atoms with Crippen LogP contribution in [0.3, 0.4) is 0 Å². The van der Waals surface area contributed by atoms with Crippen LogP contribution in [0.5, 0.6) is 5.88 Å². The van der Waals surface area contributed by atoms with Crippen LogP contribution in [0.4, 0.5) is 5.82 Å². The third kappa shape index (κ3) is 2.38. The lowest BCUT2D eigenvalue weighted by molar-refractivity contribution is 0.122. The second-order valence-corrected chi connectivity index (χ2v) is 4.64. The molecular formula is C14H18N4O2. The number of rotatable bonds is 3. The van der Waals surface area contributed by atoms with Gasteiger partial charge in [0.25, 0.3) is 0 Å². The Hall–Kier alpha value is -1.95. The van der Waals surface area contributed by atoms with E-state index in [1.165, 1.54) is 0 Å². The fourth-order valence-corrected chi connectivity index (χ4v) is 2.40. The van der Waals surface area contributed by atoms with Gasteiger partial charge in [0.15, 0.2) is 0 Å². The van der Waals surface area contributed by atoms with Gasteiger partial charge in [-0.25, -0.2) is 9.97 Å². The number of hydrogen-bond donors (Lipinski definition) is 0. The third-order valence-electron chi connectivity index (χ3n) is 3.26. The lowest BCUT2D eigenvalue weighted by Gasteiger charge is -2.28. The summed E-state index contributed by atoms with van der Waals surface area (Å²) >= 11 is 0. The first kappa shape index (κ1) is 13.1. The molecule has 0 saturated carbocycles. The fraction of sp³-hybridized carbons (Fsp3) is 0.500. The molecule has 3 heterocycles. The molecule has 0 aliphatic carbocycles. The van der Waals surface area contributed by atoms with Gasteiger partial charge in [0, 0.05) is 19.3 Å². The number of pyridine rings is 1. The van der Waals surface area contributed by atoms with E-state index < -0.39 is 0 Å². The zero-order chi connectivity index (χ0) is 13.9. The normalized spacial score (nSPS) is 15.6. The SMILES string of the molecule is CCOc1nc(C)nc2ccnc(N3CCOCC3)c12. The molecule has 0 atom stereocenters. The summed E-state index contributed by atoms with van der Waals surface area (Å²) in [4.78, 5) is 15.6. The molecule has 0 spiro atoms. The zero-order valence-corrected chi connectivity index (χ0v) is 11.8. The monoisotopic (exact) mass is 274 g/mol. The van der Waals surface area contributed by atoms with Gasteiger partial charge in [-0.1, -0.05) is 0 Å². The van der Waals surface area contributed by atoms with Gasteiger partial charge in [-0.05, 0) is 19.9 Å². The summed E-state index contributed by atoms with van der Waals surface area (Å²) in [5.41, 5.74) is 0.873. The van der Waals surface area contributed by atoms with Crippen molar-refractivity contribution < 1.29 is 9.47 Å². The Bertz CT molecular complexity index is 611. The maximum atomic E-state index is 5.68. The van der Waals surface area contributed by atoms with Crippen molar-refractivity contribution in [2.45, 2.75) is 13.8 Å². The maximum Gasteiger partial charge on any atom is 0.228 e. The number of aromatic nitrogens is 3. The molecule has 6 nitrogen and oxygen atoms in total. The smallest absolute Gasteiger partial charge is 0.228 e. The van der Waals surface area contributed by atoms with Gasteiger partial charge in [-0.15, -0.1) is 0 Å². The summed E-state index contributed by atoms with van der Waals surface area (Å²) in [6.45, 7) is 7.48. The molecule has 1 saturated heterocycles. The van der Waals surface area contributed by atoms with E-state index in [2.05, 4.69) is 19.9 Å². The van der Waals surface area contributed by atoms with E-state index in [4.69, 9.17) is 9.47 Å². The second kappa shape index (κ2) is 5.58. The predicted molar refractivity (Wildman–Crippen MR) is 76.3 cm³/mol. The highest BCUT2D eigenvalue weighted by Crippen LogP contribution is 2.31. The summed E-state index contributed by atoms with van der Waals surface area (Å²) in [6.07, 6.45) is 1.79. The zero-order valence-electron chi connectivity index (χ0n) is 11.8. The number of morpholine rings is 1. The summed E-state index contributed by atoms with van der Waals surface area (Å²) in [7, 11) is 0. The second-order valence-electron chi connectivity index (χ2n) is 4.64. The van der Waals surface area contributed by atoms with Crippen LogP contribution in [-0.2, 0) is 4.74 Å². The minimum atomic E-state index is 0.572. The van der Waals surface area contributed by atoms with Crippen molar-refractivity contribution in [3.8, 4) is 5.88 Å². The molecule has 1 aliphatic heterocycles. The number of hydrogen-bond acceptors (Lipinski definition) is 6. The van der Waals surface area contributed by atoms with E-state index in [-0.39, 0.29) is 0 Å². The largest absolute Gasteiger partial charge is 0.477 e. The summed E-state index contributed by atoms with van der Waals surface area (Å²) in [5.74, 6) is 2.21. The molecule has 20 heavy (non-hydrogen) atoms. The van der Waals surface area contributed by atoms with E-state index >= 15 is 0 Å². The number of fused-ring (bicyclic) bond motifs is 1. The molecule has 0 bridgehead atoms. The van der Waals surface area contributed by atoms with Crippen molar-refractivity contribution in [3.05, 3.63) is 18.1 Å². The Kier molecular flexibility index (Phi) is 3.64. The van der Waals surface area contributed by atoms with Crippen molar-refractivity contribution in [1.82, 2.24) is 15.0 Å². The Labute approximate surface area is 117 Å². The minimum Gasteiger partial charge on any atom is -0.477 e. The average molecular weight is 274 g/mol. The van der Waals surface area contributed by atoms with Crippen LogP contribution < -0.4 is 9.64 Å². The Balaban J connectivity index is 2.15. The molecule has 0 amide bonds. The number of nitrogens with zero attached hydrogens (tertiary/aromatic N) is 4. The molecule has 2 aromatic heterocycles. The molecule has 0 radical (unpaired) electrons. The van der Waals surface area contributed by atoms with Gasteiger partial charge in [-0.3, -0.25) is 0 Å². The fourth-order valence-electron chi connectivity index (χ4n) is 2.40. The van der Waals surface area contributed by atoms with Crippen LogP contribution in [0, 0.1) is 6.92 Å². The van der Waals surface area contributed by atoms with Crippen LogP contribution >= 0.6 is 0 Å². The minimum absolute atomic E-state index is 0.572. The van der Waals surface area contributed by atoms with E-state index in [0.717, 1.165) is 43.0 Å². The van der Waals surface area contributed by atoms with Crippen molar-refractivity contribution in [3.63, 3.8) is 0 Å². The predicted octanol–water partition coefficient (Wildman–Crippen LogP) is 1.57. The lowest BCUT2D eigenvalue weighted by atomic mass is 10.2. The Morgan fingerprint density at radius 1 is 1.30 bits per heavy atom. The molecular weight excluding hydrogens is 256 g/mol. The first-order valence-corrected chi connectivity index (χ1v) is 6.88. The third-order valence-corrected chi connectivity index (χ3v) is 3.26. The summed E-state index contributed by atoms with van der Waals surface area (Å²) < 4.78 is 11.1. The molecule has 106 valence electrons. The number of ether oxygens (including phenoxy) is 2. The highest BCUT2D eigenvalue weighted by Gasteiger charge is 2.19. The standard InChI is InChI=1S/C14H18N4O2/c1-3-20-14-12-11(16-10(2)17-14)4-5-15-13(12)18-6-8-19-9-7-18/h4-5H,3,6-9H2,1-2H3. The van der Waals surface area contributed by atoms with Crippen LogP contribution in [0.2, 0.25) is 0 Å². The van der Waals surface area contributed by atoms with Gasteiger partial charge in [0.05, 0.1) is 25.3 Å². The van der Waals surface area contributed by atoms with Crippen LogP contribution in [0.25, 0.3) is 10.9 Å². The van der Waals surface area contributed by atoms with Gasteiger partial charge >= 0.3 is 0 Å². The molecule has 3 rings (SSSR count). The molecule has 0 N–H and O–H groups in total. The molecule has 6 heteroatoms. The van der Waals surface area contributed by atoms with Gasteiger partial charge in [0.1, 0.15) is 17.0 Å². The molecule has 1 fully saturated rings. The van der Waals surface area contributed by atoms with Crippen LogP contribution in [-0.4, -0.2) is 47.9 Å². The number of anilines is 1. The van der Waals surface area contributed by atoms with Crippen molar-refractivity contribution in [1.29, 1.82) is 0 Å². The van der Waals surface area contributed by atoms with Gasteiger partial charge in [0.2, 0.25) is 5.88 Å². The van der Waals surface area contributed by atoms with Gasteiger partial charge in [-0.2, -0.15) is 4.98 Å². The number of aryl methyl sites for hydroxylation is 1. The van der Waals surface area contributed by atoms with E-state index in [0.29, 0.717) is 18.3 Å². The molecule has 2 aromatic rings. The highest BCUT2D eigenvalue weighted by atomic mass is 16.5. The van der Waals surface area contributed by atoms with E-state index in [9.17, 15) is 0 Å². The highest BCUT2D eigenvalue weighted by molar-refractivity contribution is 5.93. The van der Waals surface area contributed by atoms with Crippen molar-refractivity contribution >= 4 is 16.7 Å². The van der Waals surface area contributed by atoms with E-state index in [1.54, 1.807) is 6.20 Å². The molecule has 0 aromatic carbocycles. The van der Waals surface area contributed by atoms with Gasteiger partial charge < -0.3 is 14.4 Å². The summed E-state index contributed by atoms with van der Waals surface area (Å²) in [5, 5.41) is 0.891. The van der Waals surface area contributed by atoms with E-state index in [1.807, 2.05) is 19.9 Å². The van der Waals surface area contributed by atoms with Crippen LogP contribution in [0.15, 0.2) is 12.3 Å². The Morgan fingerprint density at radius 3 is 2.85 bits per heavy atom. The van der Waals surface area contributed by atoms with Crippen LogP contribution in [0.1, 0.15) is 12.7 Å². The van der Waals surface area contributed by atoms with Crippen molar-refractivity contribution in [2.24, 2.45) is 0 Å². The average Bonchev–Trinajstić information content (AvgIpc) is 2.47. The molecule has 1 aliphatic rings. The Morgan fingerprint density at radius 2 is 2.10 bits per heavy atom. The molecule has 0 unspecified atom stereocenters. The topological polar surface area (TPSA) is 60.4 Å². The first-order valence-electron chi connectivity index (χ1n) is 6.88. The maximum absolute atomic E-state index is 5.68. The summed E-state index contributed by atoms with van der Waals surface area (Å²) in [6, 6.07) is 1.90. The lowest BCUT2D eigenvalue weighted by Crippen LogP contribution is -2.37.